The van der Waals surface area contributed by atoms with Gasteiger partial charge in [-0.1, -0.05) is 61.5 Å². The van der Waals surface area contributed by atoms with Gasteiger partial charge in [0, 0.05) is 0 Å². The van der Waals surface area contributed by atoms with Crippen molar-refractivity contribution in [3.8, 4) is 0 Å². The second-order valence-corrected chi connectivity index (χ2v) is 4.26. The quantitative estimate of drug-likeness (QED) is 0.836. The van der Waals surface area contributed by atoms with Crippen LogP contribution in [0.2, 0.25) is 0 Å². The average Bonchev–Trinajstić information content (AvgIpc) is 2.38. The van der Waals surface area contributed by atoms with Crippen molar-refractivity contribution in [3.63, 3.8) is 0 Å². The van der Waals surface area contributed by atoms with Crippen molar-refractivity contribution in [1.82, 2.24) is 5.32 Å². The van der Waals surface area contributed by atoms with Crippen molar-refractivity contribution < 1.29 is 0 Å². The summed E-state index contributed by atoms with van der Waals surface area (Å²) >= 11 is 0. The number of aryl methyl sites for hydroxylation is 1. The molecule has 2 aromatic rings. The van der Waals surface area contributed by atoms with Crippen molar-refractivity contribution in [1.29, 1.82) is 0 Å². The van der Waals surface area contributed by atoms with E-state index in [1.54, 1.807) is 0 Å². The minimum absolute atomic E-state index is 0.294. The summed E-state index contributed by atoms with van der Waals surface area (Å²) in [6.07, 6.45) is 0. The Hall–Kier alpha value is -1.60. The van der Waals surface area contributed by atoms with Gasteiger partial charge in [0.15, 0.2) is 0 Å². The zero-order valence-corrected chi connectivity index (χ0v) is 10.5. The lowest BCUT2D eigenvalue weighted by Gasteiger charge is -2.20. The molecule has 0 fully saturated rings. The molecule has 1 nitrogen and oxygen atoms in total. The van der Waals surface area contributed by atoms with Crippen LogP contribution in [-0.2, 0) is 0 Å². The molecule has 0 radical (unpaired) electrons. The first kappa shape index (κ1) is 11.9. The summed E-state index contributed by atoms with van der Waals surface area (Å²) in [5.41, 5.74) is 4.02. The normalized spacial score (nSPS) is 12.4. The molecule has 0 spiro atoms. The molecule has 17 heavy (non-hydrogen) atoms. The lowest BCUT2D eigenvalue weighted by Crippen LogP contribution is -2.22. The van der Waals surface area contributed by atoms with Crippen molar-refractivity contribution in [2.24, 2.45) is 0 Å². The van der Waals surface area contributed by atoms with Crippen LogP contribution in [0.25, 0.3) is 0 Å². The molecule has 0 aliphatic heterocycles. The summed E-state index contributed by atoms with van der Waals surface area (Å²) in [7, 11) is 0. The van der Waals surface area contributed by atoms with E-state index in [1.165, 1.54) is 16.7 Å². The fraction of sp³-hybridized carbons (Fsp3) is 0.250. The van der Waals surface area contributed by atoms with Gasteiger partial charge in [0.1, 0.15) is 0 Å². The van der Waals surface area contributed by atoms with Crippen LogP contribution in [0.3, 0.4) is 0 Å². The predicted molar refractivity (Wildman–Crippen MR) is 73.1 cm³/mol. The molecule has 0 aliphatic rings. The Labute approximate surface area is 103 Å². The molecular weight excluding hydrogens is 206 g/mol. The van der Waals surface area contributed by atoms with Crippen molar-refractivity contribution in [2.45, 2.75) is 19.9 Å². The van der Waals surface area contributed by atoms with Gasteiger partial charge in [-0.3, -0.25) is 0 Å². The zero-order valence-electron chi connectivity index (χ0n) is 10.5. The molecule has 1 N–H and O–H groups in total. The Morgan fingerprint density at radius 3 is 2.24 bits per heavy atom. The molecule has 1 unspecified atom stereocenters. The Kier molecular flexibility index (Phi) is 3.94. The Morgan fingerprint density at radius 1 is 0.941 bits per heavy atom. The molecule has 0 heterocycles. The van der Waals surface area contributed by atoms with Gasteiger partial charge < -0.3 is 5.32 Å². The third kappa shape index (κ3) is 2.75. The number of nitrogens with one attached hydrogen (secondary N) is 1. The molecule has 0 saturated carbocycles. The topological polar surface area (TPSA) is 12.0 Å². The molecule has 0 saturated heterocycles. The van der Waals surface area contributed by atoms with Gasteiger partial charge in [-0.25, -0.2) is 0 Å². The van der Waals surface area contributed by atoms with Crippen molar-refractivity contribution in [3.05, 3.63) is 71.3 Å². The molecule has 0 bridgehead atoms. The maximum atomic E-state index is 3.56. The lowest BCUT2D eigenvalue weighted by atomic mass is 9.95. The molecule has 0 aliphatic carbocycles. The first-order chi connectivity index (χ1) is 8.33. The number of benzene rings is 2. The van der Waals surface area contributed by atoms with E-state index in [1.807, 2.05) is 0 Å². The maximum Gasteiger partial charge on any atom is 0.0579 e. The number of rotatable bonds is 4. The summed E-state index contributed by atoms with van der Waals surface area (Å²) in [4.78, 5) is 0. The van der Waals surface area contributed by atoms with E-state index in [0.29, 0.717) is 6.04 Å². The van der Waals surface area contributed by atoms with E-state index in [2.05, 4.69) is 73.8 Å². The lowest BCUT2D eigenvalue weighted by molar-refractivity contribution is 0.628. The highest BCUT2D eigenvalue weighted by atomic mass is 14.9. The first-order valence-corrected chi connectivity index (χ1v) is 6.16. The SMILES string of the molecule is CCNC(c1ccccc1)c1ccccc1C. The summed E-state index contributed by atoms with van der Waals surface area (Å²) in [6.45, 7) is 5.28. The highest BCUT2D eigenvalue weighted by Crippen LogP contribution is 2.24. The van der Waals surface area contributed by atoms with E-state index in [0.717, 1.165) is 6.54 Å². The molecule has 88 valence electrons. The fourth-order valence-corrected chi connectivity index (χ4v) is 2.17. The maximum absolute atomic E-state index is 3.56. The van der Waals surface area contributed by atoms with Gasteiger partial charge in [-0.05, 0) is 30.2 Å². The third-order valence-corrected chi connectivity index (χ3v) is 3.04. The van der Waals surface area contributed by atoms with Crippen molar-refractivity contribution >= 4 is 0 Å². The van der Waals surface area contributed by atoms with E-state index < -0.39 is 0 Å². The molecule has 0 aromatic heterocycles. The van der Waals surface area contributed by atoms with E-state index in [-0.39, 0.29) is 0 Å². The molecule has 1 heteroatoms. The van der Waals surface area contributed by atoms with Gasteiger partial charge in [0.25, 0.3) is 0 Å². The summed E-state index contributed by atoms with van der Waals surface area (Å²) in [5.74, 6) is 0. The number of hydrogen-bond donors (Lipinski definition) is 1. The highest BCUT2D eigenvalue weighted by molar-refractivity contribution is 5.36. The zero-order chi connectivity index (χ0) is 12.1. The Bertz CT molecular complexity index is 462. The van der Waals surface area contributed by atoms with Crippen LogP contribution in [0.15, 0.2) is 54.6 Å². The summed E-state index contributed by atoms with van der Waals surface area (Å²) < 4.78 is 0. The Balaban J connectivity index is 2.39. The van der Waals surface area contributed by atoms with Gasteiger partial charge in [-0.15, -0.1) is 0 Å². The minimum atomic E-state index is 0.294. The number of hydrogen-bond acceptors (Lipinski definition) is 1. The first-order valence-electron chi connectivity index (χ1n) is 6.16. The van der Waals surface area contributed by atoms with E-state index in [4.69, 9.17) is 0 Å². The smallest absolute Gasteiger partial charge is 0.0579 e. The summed E-state index contributed by atoms with van der Waals surface area (Å²) in [6, 6.07) is 19.5. The second-order valence-electron chi connectivity index (χ2n) is 4.26. The van der Waals surface area contributed by atoms with Crippen LogP contribution < -0.4 is 5.32 Å². The van der Waals surface area contributed by atoms with Gasteiger partial charge >= 0.3 is 0 Å². The molecule has 2 aromatic carbocycles. The van der Waals surface area contributed by atoms with E-state index in [9.17, 15) is 0 Å². The van der Waals surface area contributed by atoms with Crippen molar-refractivity contribution in [2.75, 3.05) is 6.54 Å². The van der Waals surface area contributed by atoms with Crippen LogP contribution in [0.1, 0.15) is 29.7 Å². The molecular formula is C16H19N. The third-order valence-electron chi connectivity index (χ3n) is 3.04. The van der Waals surface area contributed by atoms with Crippen LogP contribution >= 0.6 is 0 Å². The minimum Gasteiger partial charge on any atom is -0.307 e. The predicted octanol–water partition coefficient (Wildman–Crippen LogP) is 3.69. The van der Waals surface area contributed by atoms with Gasteiger partial charge in [0.2, 0.25) is 0 Å². The van der Waals surface area contributed by atoms with Crippen LogP contribution in [0.4, 0.5) is 0 Å². The van der Waals surface area contributed by atoms with E-state index >= 15 is 0 Å². The summed E-state index contributed by atoms with van der Waals surface area (Å²) in [5, 5.41) is 3.56. The van der Waals surface area contributed by atoms with Crippen LogP contribution in [0, 0.1) is 6.92 Å². The fourth-order valence-electron chi connectivity index (χ4n) is 2.17. The Morgan fingerprint density at radius 2 is 1.59 bits per heavy atom. The largest absolute Gasteiger partial charge is 0.307 e. The van der Waals surface area contributed by atoms with Crippen LogP contribution in [0.5, 0.6) is 0 Å². The van der Waals surface area contributed by atoms with Gasteiger partial charge in [0.05, 0.1) is 6.04 Å². The van der Waals surface area contributed by atoms with Gasteiger partial charge in [-0.2, -0.15) is 0 Å². The molecule has 0 amide bonds. The highest BCUT2D eigenvalue weighted by Gasteiger charge is 2.13. The average molecular weight is 225 g/mol. The molecule has 2 rings (SSSR count). The second kappa shape index (κ2) is 5.65. The molecule has 1 atom stereocenters. The van der Waals surface area contributed by atoms with Crippen LogP contribution in [-0.4, -0.2) is 6.54 Å². The standard InChI is InChI=1S/C16H19N/c1-3-17-16(14-10-5-4-6-11-14)15-12-8-7-9-13(15)2/h4-12,16-17H,3H2,1-2H3. The monoisotopic (exact) mass is 225 g/mol.